The number of aromatic amines is 1. The molecule has 0 atom stereocenters. The second-order valence-corrected chi connectivity index (χ2v) is 5.90. The summed E-state index contributed by atoms with van der Waals surface area (Å²) in [5.41, 5.74) is 1.67. The molecular weight excluding hydrogens is 232 g/mol. The van der Waals surface area contributed by atoms with Crippen LogP contribution in [0.1, 0.15) is 70.5 Å². The fourth-order valence-corrected chi connectivity index (χ4v) is 3.11. The number of H-pyrrole nitrogens is 1. The maximum absolute atomic E-state index is 4.33. The minimum absolute atomic E-state index is 0.952. The second kappa shape index (κ2) is 8.19. The summed E-state index contributed by atoms with van der Waals surface area (Å²) in [6.07, 6.45) is 19.6. The highest BCUT2D eigenvalue weighted by Crippen LogP contribution is 2.30. The summed E-state index contributed by atoms with van der Waals surface area (Å²) >= 11 is 0. The first-order valence-corrected chi connectivity index (χ1v) is 8.04. The maximum Gasteiger partial charge on any atom is 0.106 e. The van der Waals surface area contributed by atoms with Crippen molar-refractivity contribution in [3.8, 4) is 0 Å². The molecule has 1 saturated carbocycles. The van der Waals surface area contributed by atoms with Crippen molar-refractivity contribution in [1.29, 1.82) is 0 Å². The number of allylic oxidation sites excluding steroid dienone is 2. The smallest absolute Gasteiger partial charge is 0.106 e. The lowest BCUT2D eigenvalue weighted by molar-refractivity contribution is 0.353. The first-order valence-electron chi connectivity index (χ1n) is 8.04. The highest BCUT2D eigenvalue weighted by atomic mass is 14.9. The van der Waals surface area contributed by atoms with Gasteiger partial charge >= 0.3 is 0 Å². The lowest BCUT2D eigenvalue weighted by Gasteiger charge is -2.23. The van der Waals surface area contributed by atoms with E-state index in [1.807, 2.05) is 12.4 Å². The number of nitrogens with zero attached hydrogens (tertiary/aromatic N) is 1. The van der Waals surface area contributed by atoms with Crippen molar-refractivity contribution in [2.75, 3.05) is 0 Å². The normalized spacial score (nSPS) is 17.8. The second-order valence-electron chi connectivity index (χ2n) is 5.90. The Morgan fingerprint density at radius 3 is 2.89 bits per heavy atom. The van der Waals surface area contributed by atoms with Crippen LogP contribution < -0.4 is 0 Å². The van der Waals surface area contributed by atoms with E-state index in [-0.39, 0.29) is 0 Å². The fourth-order valence-electron chi connectivity index (χ4n) is 3.11. The molecule has 0 unspecified atom stereocenters. The van der Waals surface area contributed by atoms with Gasteiger partial charge in [-0.2, -0.15) is 0 Å². The van der Waals surface area contributed by atoms with Gasteiger partial charge in [0.2, 0.25) is 0 Å². The molecule has 1 aromatic heterocycles. The predicted molar refractivity (Wildman–Crippen MR) is 81.1 cm³/mol. The predicted octanol–water partition coefficient (Wildman–Crippen LogP) is 5.04. The number of aromatic nitrogens is 2. The number of hydrogen-bond acceptors (Lipinski definition) is 1. The van der Waals surface area contributed by atoms with Crippen LogP contribution in [0.4, 0.5) is 0 Å². The van der Waals surface area contributed by atoms with Crippen LogP contribution in [-0.4, -0.2) is 9.97 Å². The molecule has 0 aromatic carbocycles. The van der Waals surface area contributed by atoms with Crippen LogP contribution in [0.5, 0.6) is 0 Å². The van der Waals surface area contributed by atoms with Gasteiger partial charge in [0.25, 0.3) is 0 Å². The molecule has 2 nitrogen and oxygen atoms in total. The first-order chi connectivity index (χ1) is 9.38. The number of unbranched alkanes of at least 4 members (excludes halogenated alkanes) is 1. The topological polar surface area (TPSA) is 28.7 Å². The third-order valence-electron chi connectivity index (χ3n) is 4.24. The summed E-state index contributed by atoms with van der Waals surface area (Å²) < 4.78 is 0. The summed E-state index contributed by atoms with van der Waals surface area (Å²) in [6, 6.07) is 0. The quantitative estimate of drug-likeness (QED) is 0.684. The van der Waals surface area contributed by atoms with Crippen molar-refractivity contribution in [3.05, 3.63) is 29.9 Å². The molecule has 1 aliphatic rings. The van der Waals surface area contributed by atoms with Gasteiger partial charge in [-0.15, -0.1) is 0 Å². The number of nitrogens with one attached hydrogen (secondary N) is 1. The van der Waals surface area contributed by atoms with E-state index >= 15 is 0 Å². The summed E-state index contributed by atoms with van der Waals surface area (Å²) in [6.45, 7) is 2.27. The van der Waals surface area contributed by atoms with Gasteiger partial charge in [-0.3, -0.25) is 0 Å². The van der Waals surface area contributed by atoms with E-state index < -0.39 is 0 Å². The molecule has 1 heterocycles. The molecule has 0 amide bonds. The zero-order chi connectivity index (χ0) is 13.3. The van der Waals surface area contributed by atoms with E-state index in [1.54, 1.807) is 5.57 Å². The summed E-state index contributed by atoms with van der Waals surface area (Å²) in [5.74, 6) is 2.08. The van der Waals surface area contributed by atoms with E-state index in [0.717, 1.165) is 18.2 Å². The van der Waals surface area contributed by atoms with Gasteiger partial charge < -0.3 is 4.98 Å². The largest absolute Gasteiger partial charge is 0.349 e. The summed E-state index contributed by atoms with van der Waals surface area (Å²) in [4.78, 5) is 7.55. The van der Waals surface area contributed by atoms with Gasteiger partial charge in [-0.25, -0.2) is 4.98 Å². The number of rotatable bonds is 7. The minimum atomic E-state index is 0.952. The molecule has 2 rings (SSSR count). The van der Waals surface area contributed by atoms with E-state index in [9.17, 15) is 0 Å². The highest BCUT2D eigenvalue weighted by molar-refractivity contribution is 5.06. The number of aryl methyl sites for hydroxylation is 1. The van der Waals surface area contributed by atoms with Crippen LogP contribution >= 0.6 is 0 Å². The Balaban J connectivity index is 1.83. The molecule has 0 spiro atoms. The van der Waals surface area contributed by atoms with Gasteiger partial charge in [-0.05, 0) is 25.2 Å². The van der Waals surface area contributed by atoms with Crippen LogP contribution in [0.3, 0.4) is 0 Å². The van der Waals surface area contributed by atoms with Crippen LogP contribution in [-0.2, 0) is 6.42 Å². The molecule has 1 fully saturated rings. The van der Waals surface area contributed by atoms with Crippen molar-refractivity contribution in [3.63, 3.8) is 0 Å². The lowest BCUT2D eigenvalue weighted by Crippen LogP contribution is -2.08. The van der Waals surface area contributed by atoms with E-state index in [0.29, 0.717) is 0 Å². The van der Waals surface area contributed by atoms with Gasteiger partial charge in [0, 0.05) is 18.8 Å². The first kappa shape index (κ1) is 14.4. The van der Waals surface area contributed by atoms with Crippen molar-refractivity contribution < 1.29 is 0 Å². The molecule has 1 aliphatic carbocycles. The summed E-state index contributed by atoms with van der Waals surface area (Å²) in [7, 11) is 0. The zero-order valence-electron chi connectivity index (χ0n) is 12.3. The Labute approximate surface area is 117 Å². The third kappa shape index (κ3) is 5.22. The fraction of sp³-hybridized carbons (Fsp3) is 0.706. The van der Waals surface area contributed by atoms with E-state index in [2.05, 4.69) is 23.0 Å². The van der Waals surface area contributed by atoms with Gasteiger partial charge in [0.15, 0.2) is 0 Å². The number of hydrogen-bond donors (Lipinski definition) is 1. The molecule has 1 aromatic rings. The molecule has 106 valence electrons. The average molecular weight is 260 g/mol. The third-order valence-corrected chi connectivity index (χ3v) is 4.24. The SMILES string of the molecule is CCCC=C(CCc1ncc[nH]1)CC1CCCCC1. The van der Waals surface area contributed by atoms with Gasteiger partial charge in [-0.1, -0.05) is 57.1 Å². The maximum atomic E-state index is 4.33. The van der Waals surface area contributed by atoms with E-state index in [1.165, 1.54) is 57.8 Å². The van der Waals surface area contributed by atoms with Crippen LogP contribution in [0.25, 0.3) is 0 Å². The monoisotopic (exact) mass is 260 g/mol. The highest BCUT2D eigenvalue weighted by Gasteiger charge is 2.15. The average Bonchev–Trinajstić information content (AvgIpc) is 2.96. The van der Waals surface area contributed by atoms with Gasteiger partial charge in [0.05, 0.1) is 0 Å². The summed E-state index contributed by atoms with van der Waals surface area (Å²) in [5, 5.41) is 0. The molecule has 2 heteroatoms. The van der Waals surface area contributed by atoms with Crippen molar-refractivity contribution >= 4 is 0 Å². The minimum Gasteiger partial charge on any atom is -0.349 e. The zero-order valence-corrected chi connectivity index (χ0v) is 12.3. The standard InChI is InChI=1S/C17H28N2/c1-2-3-7-16(10-11-17-18-12-13-19-17)14-15-8-5-4-6-9-15/h7,12-13,15H,2-6,8-11,14H2,1H3,(H,18,19). The van der Waals surface area contributed by atoms with Crippen LogP contribution in [0.2, 0.25) is 0 Å². The molecule has 0 radical (unpaired) electrons. The Kier molecular flexibility index (Phi) is 6.19. The number of imidazole rings is 1. The molecule has 1 N–H and O–H groups in total. The van der Waals surface area contributed by atoms with Gasteiger partial charge in [0.1, 0.15) is 5.82 Å². The van der Waals surface area contributed by atoms with E-state index in [4.69, 9.17) is 0 Å². The lowest BCUT2D eigenvalue weighted by atomic mass is 9.83. The molecule has 0 aliphatic heterocycles. The van der Waals surface area contributed by atoms with Crippen molar-refractivity contribution in [1.82, 2.24) is 9.97 Å². The van der Waals surface area contributed by atoms with Crippen LogP contribution in [0, 0.1) is 5.92 Å². The Bertz CT molecular complexity index is 359. The van der Waals surface area contributed by atoms with Crippen molar-refractivity contribution in [2.45, 2.75) is 71.1 Å². The van der Waals surface area contributed by atoms with Crippen molar-refractivity contribution in [2.24, 2.45) is 5.92 Å². The Hall–Kier alpha value is -1.05. The molecule has 19 heavy (non-hydrogen) atoms. The molecular formula is C17H28N2. The van der Waals surface area contributed by atoms with Crippen LogP contribution in [0.15, 0.2) is 24.0 Å². The Morgan fingerprint density at radius 1 is 1.37 bits per heavy atom. The molecule has 0 saturated heterocycles. The molecule has 0 bridgehead atoms. The Morgan fingerprint density at radius 2 is 2.21 bits per heavy atom.